The van der Waals surface area contributed by atoms with E-state index in [1.807, 2.05) is 17.9 Å². The van der Waals surface area contributed by atoms with Crippen molar-refractivity contribution in [3.63, 3.8) is 0 Å². The summed E-state index contributed by atoms with van der Waals surface area (Å²) in [6.45, 7) is 4.78. The first kappa shape index (κ1) is 12.7. The fourth-order valence-electron chi connectivity index (χ4n) is 3.47. The summed E-state index contributed by atoms with van der Waals surface area (Å²) in [5, 5.41) is 7.35. The molecular weight excluding hydrogens is 240 g/mol. The fraction of sp³-hybridized carbons (Fsp3) is 0.714. The van der Waals surface area contributed by atoms with Crippen LogP contribution in [-0.4, -0.2) is 39.2 Å². The first-order valence-electron chi connectivity index (χ1n) is 7.14. The van der Waals surface area contributed by atoms with Crippen molar-refractivity contribution in [2.24, 2.45) is 7.05 Å². The molecule has 1 aromatic heterocycles. The molecule has 3 heterocycles. The molecule has 0 radical (unpaired) electrons. The van der Waals surface area contributed by atoms with Crippen molar-refractivity contribution in [3.05, 3.63) is 17.5 Å². The van der Waals surface area contributed by atoms with Gasteiger partial charge in [0.2, 0.25) is 5.91 Å². The molecule has 0 saturated carbocycles. The van der Waals surface area contributed by atoms with Gasteiger partial charge in [0, 0.05) is 31.4 Å². The SMILES string of the molecule is Cc1c(CN2CCCC23CCCNC3=O)cnn1C. The first-order valence-corrected chi connectivity index (χ1v) is 7.14. The van der Waals surface area contributed by atoms with Crippen LogP contribution in [0.3, 0.4) is 0 Å². The molecule has 1 amide bonds. The number of nitrogens with zero attached hydrogens (tertiary/aromatic N) is 3. The normalized spacial score (nSPS) is 28.0. The van der Waals surface area contributed by atoms with Crippen molar-refractivity contribution < 1.29 is 4.79 Å². The van der Waals surface area contributed by atoms with E-state index in [4.69, 9.17) is 0 Å². The highest BCUT2D eigenvalue weighted by Crippen LogP contribution is 2.36. The highest BCUT2D eigenvalue weighted by molar-refractivity contribution is 5.87. The number of hydrogen-bond acceptors (Lipinski definition) is 3. The molecule has 1 atom stereocenters. The second kappa shape index (κ2) is 4.63. The van der Waals surface area contributed by atoms with E-state index in [0.717, 1.165) is 45.3 Å². The van der Waals surface area contributed by atoms with E-state index in [0.29, 0.717) is 0 Å². The summed E-state index contributed by atoms with van der Waals surface area (Å²) in [7, 11) is 1.96. The molecule has 5 nitrogen and oxygen atoms in total. The molecular formula is C14H22N4O. The molecule has 2 aliphatic heterocycles. The molecule has 104 valence electrons. The summed E-state index contributed by atoms with van der Waals surface area (Å²) < 4.78 is 1.90. The number of piperidine rings is 1. The number of likely N-dealkylation sites (tertiary alicyclic amines) is 1. The van der Waals surface area contributed by atoms with E-state index in [9.17, 15) is 4.79 Å². The summed E-state index contributed by atoms with van der Waals surface area (Å²) in [5.41, 5.74) is 2.18. The maximum Gasteiger partial charge on any atom is 0.240 e. The lowest BCUT2D eigenvalue weighted by molar-refractivity contribution is -0.134. The van der Waals surface area contributed by atoms with Gasteiger partial charge in [-0.2, -0.15) is 5.10 Å². The van der Waals surface area contributed by atoms with Gasteiger partial charge in [-0.1, -0.05) is 0 Å². The molecule has 19 heavy (non-hydrogen) atoms. The maximum absolute atomic E-state index is 12.3. The molecule has 0 bridgehead atoms. The predicted molar refractivity (Wildman–Crippen MR) is 72.6 cm³/mol. The summed E-state index contributed by atoms with van der Waals surface area (Å²) in [4.78, 5) is 14.7. The van der Waals surface area contributed by atoms with Crippen LogP contribution in [0.25, 0.3) is 0 Å². The van der Waals surface area contributed by atoms with Crippen molar-refractivity contribution in [2.45, 2.75) is 44.7 Å². The molecule has 0 aromatic carbocycles. The summed E-state index contributed by atoms with van der Waals surface area (Å²) >= 11 is 0. The third-order valence-corrected chi connectivity index (χ3v) is 4.80. The second-order valence-electron chi connectivity index (χ2n) is 5.79. The quantitative estimate of drug-likeness (QED) is 0.864. The molecule has 2 saturated heterocycles. The van der Waals surface area contributed by atoms with Crippen molar-refractivity contribution in [2.75, 3.05) is 13.1 Å². The van der Waals surface area contributed by atoms with Crippen molar-refractivity contribution in [3.8, 4) is 0 Å². The molecule has 5 heteroatoms. The van der Waals surface area contributed by atoms with Crippen LogP contribution >= 0.6 is 0 Å². The van der Waals surface area contributed by atoms with E-state index < -0.39 is 0 Å². The van der Waals surface area contributed by atoms with Crippen molar-refractivity contribution in [1.29, 1.82) is 0 Å². The minimum Gasteiger partial charge on any atom is -0.354 e. The Morgan fingerprint density at radius 2 is 2.21 bits per heavy atom. The van der Waals surface area contributed by atoms with E-state index in [2.05, 4.69) is 22.2 Å². The lowest BCUT2D eigenvalue weighted by Gasteiger charge is -2.40. The zero-order valence-corrected chi connectivity index (χ0v) is 11.8. The number of carbonyl (C=O) groups excluding carboxylic acids is 1. The predicted octanol–water partition coefficient (Wildman–Crippen LogP) is 0.973. The number of nitrogens with one attached hydrogen (secondary N) is 1. The summed E-state index contributed by atoms with van der Waals surface area (Å²) in [5.74, 6) is 0.234. The summed E-state index contributed by atoms with van der Waals surface area (Å²) in [6.07, 6.45) is 6.14. The Hall–Kier alpha value is -1.36. The second-order valence-corrected chi connectivity index (χ2v) is 5.79. The van der Waals surface area contributed by atoms with Crippen LogP contribution in [0, 0.1) is 6.92 Å². The number of amides is 1. The molecule has 1 N–H and O–H groups in total. The topological polar surface area (TPSA) is 50.2 Å². The average Bonchev–Trinajstić information content (AvgIpc) is 2.93. The smallest absolute Gasteiger partial charge is 0.240 e. The largest absolute Gasteiger partial charge is 0.354 e. The van der Waals surface area contributed by atoms with E-state index in [1.54, 1.807) is 0 Å². The molecule has 1 spiro atoms. The maximum atomic E-state index is 12.3. The monoisotopic (exact) mass is 262 g/mol. The van der Waals surface area contributed by atoms with Gasteiger partial charge in [0.25, 0.3) is 0 Å². The lowest BCUT2D eigenvalue weighted by atomic mass is 9.86. The summed E-state index contributed by atoms with van der Waals surface area (Å²) in [6, 6.07) is 0. The number of aryl methyl sites for hydroxylation is 1. The Morgan fingerprint density at radius 3 is 2.89 bits per heavy atom. The molecule has 1 aromatic rings. The minimum absolute atomic E-state index is 0.234. The van der Waals surface area contributed by atoms with Crippen LogP contribution in [0.2, 0.25) is 0 Å². The van der Waals surface area contributed by atoms with Crippen LogP contribution in [0.1, 0.15) is 36.9 Å². The lowest BCUT2D eigenvalue weighted by Crippen LogP contribution is -2.58. The molecule has 2 aliphatic rings. The first-order chi connectivity index (χ1) is 9.13. The van der Waals surface area contributed by atoms with Gasteiger partial charge in [-0.3, -0.25) is 14.4 Å². The van der Waals surface area contributed by atoms with Crippen molar-refractivity contribution in [1.82, 2.24) is 20.0 Å². The standard InChI is InChI=1S/C14H22N4O/c1-11-12(9-16-17(11)2)10-18-8-4-6-14(18)5-3-7-15-13(14)19/h9H,3-8,10H2,1-2H3,(H,15,19). The molecule has 0 aliphatic carbocycles. The van der Waals surface area contributed by atoms with Gasteiger partial charge in [0.1, 0.15) is 5.54 Å². The highest BCUT2D eigenvalue weighted by atomic mass is 16.2. The zero-order valence-electron chi connectivity index (χ0n) is 11.8. The van der Waals surface area contributed by atoms with Crippen LogP contribution < -0.4 is 5.32 Å². The van der Waals surface area contributed by atoms with E-state index in [-0.39, 0.29) is 11.4 Å². The Balaban J connectivity index is 1.83. The molecule has 1 unspecified atom stereocenters. The average molecular weight is 262 g/mol. The third kappa shape index (κ3) is 1.96. The number of aromatic nitrogens is 2. The Morgan fingerprint density at radius 1 is 1.42 bits per heavy atom. The number of carbonyl (C=O) groups is 1. The third-order valence-electron chi connectivity index (χ3n) is 4.80. The van der Waals surface area contributed by atoms with Crippen LogP contribution in [0.5, 0.6) is 0 Å². The van der Waals surface area contributed by atoms with Gasteiger partial charge < -0.3 is 5.32 Å². The Labute approximate surface area is 114 Å². The van der Waals surface area contributed by atoms with E-state index >= 15 is 0 Å². The highest BCUT2D eigenvalue weighted by Gasteiger charge is 2.48. The Bertz CT molecular complexity index is 496. The van der Waals surface area contributed by atoms with Gasteiger partial charge in [-0.25, -0.2) is 0 Å². The van der Waals surface area contributed by atoms with Gasteiger partial charge in [0.15, 0.2) is 0 Å². The van der Waals surface area contributed by atoms with Crippen LogP contribution in [0.15, 0.2) is 6.20 Å². The zero-order chi connectivity index (χ0) is 13.5. The fourth-order valence-corrected chi connectivity index (χ4v) is 3.47. The van der Waals surface area contributed by atoms with Gasteiger partial charge in [-0.05, 0) is 39.2 Å². The van der Waals surface area contributed by atoms with Crippen LogP contribution in [-0.2, 0) is 18.4 Å². The minimum atomic E-state index is -0.249. The van der Waals surface area contributed by atoms with Gasteiger partial charge in [-0.15, -0.1) is 0 Å². The Kier molecular flexibility index (Phi) is 3.09. The van der Waals surface area contributed by atoms with Crippen molar-refractivity contribution >= 4 is 5.91 Å². The van der Waals surface area contributed by atoms with E-state index in [1.165, 1.54) is 11.3 Å². The molecule has 3 rings (SSSR count). The molecule has 2 fully saturated rings. The number of hydrogen-bond donors (Lipinski definition) is 1. The number of rotatable bonds is 2. The van der Waals surface area contributed by atoms with Gasteiger partial charge >= 0.3 is 0 Å². The van der Waals surface area contributed by atoms with Crippen LogP contribution in [0.4, 0.5) is 0 Å². The van der Waals surface area contributed by atoms with Gasteiger partial charge in [0.05, 0.1) is 6.20 Å².